The lowest BCUT2D eigenvalue weighted by Gasteiger charge is -2.54. The van der Waals surface area contributed by atoms with Crippen LogP contribution in [0.3, 0.4) is 0 Å². The number of nitrogens with two attached hydrogens (primary N) is 1. The van der Waals surface area contributed by atoms with E-state index in [0.717, 1.165) is 5.92 Å². The number of nitrogens with zero attached hydrogens (tertiary/aromatic N) is 1. The van der Waals surface area contributed by atoms with E-state index in [4.69, 9.17) is 28.9 Å². The molecule has 1 fully saturated rings. The van der Waals surface area contributed by atoms with Crippen molar-refractivity contribution in [3.8, 4) is 0 Å². The first-order valence-electron chi connectivity index (χ1n) is 13.9. The van der Waals surface area contributed by atoms with Crippen molar-refractivity contribution >= 4 is 51.3 Å². The summed E-state index contributed by atoms with van der Waals surface area (Å²) >= 11 is 11.7. The number of halogens is 2. The summed E-state index contributed by atoms with van der Waals surface area (Å²) in [5.41, 5.74) is 17.0. The second-order valence-electron chi connectivity index (χ2n) is 11.2. The van der Waals surface area contributed by atoms with Crippen molar-refractivity contribution in [2.24, 2.45) is 5.73 Å². The molecule has 0 aliphatic heterocycles. The van der Waals surface area contributed by atoms with E-state index in [-0.39, 0.29) is 5.91 Å². The Bertz CT molecular complexity index is 1860. The Labute approximate surface area is 247 Å². The highest BCUT2D eigenvalue weighted by atomic mass is 35.5. The molecule has 0 radical (unpaired) electrons. The summed E-state index contributed by atoms with van der Waals surface area (Å²) < 4.78 is 0. The minimum atomic E-state index is -0.417. The molecule has 1 aromatic heterocycles. The van der Waals surface area contributed by atoms with Crippen molar-refractivity contribution in [1.29, 1.82) is 0 Å². The van der Waals surface area contributed by atoms with Gasteiger partial charge < -0.3 is 16.0 Å². The third-order valence-corrected chi connectivity index (χ3v) is 9.58. The van der Waals surface area contributed by atoms with Crippen LogP contribution >= 0.6 is 23.2 Å². The Morgan fingerprint density at radius 1 is 1.02 bits per heavy atom. The highest BCUT2D eigenvalue weighted by Crippen LogP contribution is 2.61. The highest BCUT2D eigenvalue weighted by molar-refractivity contribution is 6.42. The SMILES string of the molecule is NC1CC2c3c(ccc4c3CCC3=C4C=CCC3)C12.O=C(Nc1ccc2[nH]c(=O)ncc2c1)c1ccc(Cl)c(Cl)c1. The summed E-state index contributed by atoms with van der Waals surface area (Å²) in [6.07, 6.45) is 12.4. The number of nitrogens with one attached hydrogen (secondary N) is 2. The second kappa shape index (κ2) is 10.3. The summed E-state index contributed by atoms with van der Waals surface area (Å²) in [5.74, 6) is 1.18. The summed E-state index contributed by atoms with van der Waals surface area (Å²) in [5, 5.41) is 4.17. The maximum atomic E-state index is 12.2. The van der Waals surface area contributed by atoms with Gasteiger partial charge in [-0.05, 0) is 102 Å². The third kappa shape index (κ3) is 4.60. The summed E-state index contributed by atoms with van der Waals surface area (Å²) in [7, 11) is 0. The van der Waals surface area contributed by atoms with Crippen LogP contribution < -0.4 is 16.7 Å². The normalized spacial score (nSPS) is 21.3. The fraction of sp³-hybridized carbons (Fsp3) is 0.242. The number of hydrogen-bond donors (Lipinski definition) is 3. The van der Waals surface area contributed by atoms with E-state index in [1.54, 1.807) is 58.2 Å². The Hall–Kier alpha value is -3.71. The lowest BCUT2D eigenvalue weighted by atomic mass is 9.51. The van der Waals surface area contributed by atoms with E-state index in [9.17, 15) is 9.59 Å². The van der Waals surface area contributed by atoms with Crippen molar-refractivity contribution < 1.29 is 4.79 Å². The molecule has 8 rings (SSSR count). The number of rotatable bonds is 2. The molecule has 41 heavy (non-hydrogen) atoms. The first kappa shape index (κ1) is 26.2. The molecule has 1 amide bonds. The van der Waals surface area contributed by atoms with Crippen molar-refractivity contribution in [1.82, 2.24) is 9.97 Å². The van der Waals surface area contributed by atoms with Gasteiger partial charge in [-0.3, -0.25) is 4.79 Å². The molecule has 4 N–H and O–H groups in total. The van der Waals surface area contributed by atoms with Gasteiger partial charge in [0, 0.05) is 34.8 Å². The Kier molecular flexibility index (Phi) is 6.57. The molecule has 4 aliphatic rings. The topological polar surface area (TPSA) is 101 Å². The van der Waals surface area contributed by atoms with E-state index in [1.165, 1.54) is 49.9 Å². The van der Waals surface area contributed by atoms with Crippen molar-refractivity contribution in [2.75, 3.05) is 5.32 Å². The van der Waals surface area contributed by atoms with Crippen LogP contribution in [0.2, 0.25) is 10.0 Å². The number of carbonyl (C=O) groups is 1. The van der Waals surface area contributed by atoms with E-state index < -0.39 is 5.69 Å². The monoisotopic (exact) mass is 582 g/mol. The quantitative estimate of drug-likeness (QED) is 0.234. The minimum absolute atomic E-state index is 0.310. The molecule has 6 nitrogen and oxygen atoms in total. The zero-order chi connectivity index (χ0) is 28.2. The Balaban J connectivity index is 0.000000136. The van der Waals surface area contributed by atoms with Gasteiger partial charge in [-0.25, -0.2) is 9.78 Å². The average Bonchev–Trinajstić information content (AvgIpc) is 2.96. The molecule has 3 atom stereocenters. The van der Waals surface area contributed by atoms with Gasteiger partial charge in [-0.1, -0.05) is 53.1 Å². The van der Waals surface area contributed by atoms with Crippen LogP contribution in [0.25, 0.3) is 16.5 Å². The second-order valence-corrected chi connectivity index (χ2v) is 12.0. The predicted octanol–water partition coefficient (Wildman–Crippen LogP) is 7.13. The number of hydrogen-bond acceptors (Lipinski definition) is 4. The van der Waals surface area contributed by atoms with Gasteiger partial charge in [0.1, 0.15) is 0 Å². The highest BCUT2D eigenvalue weighted by Gasteiger charge is 2.51. The van der Waals surface area contributed by atoms with E-state index >= 15 is 0 Å². The van der Waals surface area contributed by atoms with Crippen molar-refractivity contribution in [2.45, 2.75) is 50.0 Å². The lowest BCUT2D eigenvalue weighted by molar-refractivity contribution is 0.102. The van der Waals surface area contributed by atoms with Gasteiger partial charge >= 0.3 is 5.69 Å². The van der Waals surface area contributed by atoms with Gasteiger partial charge in [0.25, 0.3) is 5.91 Å². The van der Waals surface area contributed by atoms with Crippen LogP contribution in [0.1, 0.15) is 70.1 Å². The Morgan fingerprint density at radius 2 is 1.90 bits per heavy atom. The van der Waals surface area contributed by atoms with Gasteiger partial charge in [0.15, 0.2) is 0 Å². The average molecular weight is 584 g/mol. The third-order valence-electron chi connectivity index (χ3n) is 8.84. The zero-order valence-corrected chi connectivity index (χ0v) is 23.7. The van der Waals surface area contributed by atoms with Crippen LogP contribution in [0.5, 0.6) is 0 Å². The minimum Gasteiger partial charge on any atom is -0.327 e. The molecule has 0 spiro atoms. The summed E-state index contributed by atoms with van der Waals surface area (Å²) in [6, 6.07) is 14.9. The number of aromatic nitrogens is 2. The van der Waals surface area contributed by atoms with Crippen LogP contribution in [0.4, 0.5) is 5.69 Å². The number of allylic oxidation sites excluding steroid dienone is 4. The number of fused-ring (bicyclic) bond motifs is 8. The number of amides is 1. The van der Waals surface area contributed by atoms with E-state index in [2.05, 4.69) is 39.6 Å². The largest absolute Gasteiger partial charge is 0.345 e. The van der Waals surface area contributed by atoms with E-state index in [1.807, 2.05) is 0 Å². The predicted molar refractivity (Wildman–Crippen MR) is 165 cm³/mol. The first-order chi connectivity index (χ1) is 19.9. The molecule has 0 bridgehead atoms. The zero-order valence-electron chi connectivity index (χ0n) is 22.2. The van der Waals surface area contributed by atoms with Crippen LogP contribution in [-0.2, 0) is 6.42 Å². The molecule has 8 heteroatoms. The molecular weight excluding hydrogens is 555 g/mol. The molecule has 0 saturated heterocycles. The van der Waals surface area contributed by atoms with Gasteiger partial charge in [-0.2, -0.15) is 0 Å². The number of H-pyrrole nitrogens is 1. The summed E-state index contributed by atoms with van der Waals surface area (Å²) in [6.45, 7) is 0. The maximum Gasteiger partial charge on any atom is 0.345 e. The molecule has 1 saturated carbocycles. The van der Waals surface area contributed by atoms with Crippen LogP contribution in [0.15, 0.2) is 77.2 Å². The fourth-order valence-corrected chi connectivity index (χ4v) is 7.07. The molecule has 3 aromatic carbocycles. The number of carbonyl (C=O) groups excluding carboxylic acids is 1. The van der Waals surface area contributed by atoms with E-state index in [0.29, 0.717) is 44.2 Å². The lowest BCUT2D eigenvalue weighted by Crippen LogP contribution is -2.51. The first-order valence-corrected chi connectivity index (χ1v) is 14.7. The molecule has 4 aromatic rings. The Morgan fingerprint density at radius 3 is 2.73 bits per heavy atom. The fourth-order valence-electron chi connectivity index (χ4n) is 6.78. The van der Waals surface area contributed by atoms with Gasteiger partial charge in [0.2, 0.25) is 0 Å². The smallest absolute Gasteiger partial charge is 0.327 e. The maximum absolute atomic E-state index is 12.2. The van der Waals surface area contributed by atoms with Crippen LogP contribution in [-0.4, -0.2) is 21.9 Å². The molecule has 4 aliphatic carbocycles. The summed E-state index contributed by atoms with van der Waals surface area (Å²) in [4.78, 5) is 29.6. The van der Waals surface area contributed by atoms with Gasteiger partial charge in [0.05, 0.1) is 15.6 Å². The van der Waals surface area contributed by atoms with Crippen molar-refractivity contribution in [3.05, 3.63) is 121 Å². The number of aromatic amines is 1. The number of benzene rings is 3. The molecular formula is C33H28Cl2N4O2. The molecule has 3 unspecified atom stereocenters. The van der Waals surface area contributed by atoms with Crippen molar-refractivity contribution in [3.63, 3.8) is 0 Å². The van der Waals surface area contributed by atoms with Gasteiger partial charge in [-0.15, -0.1) is 0 Å². The van der Waals surface area contributed by atoms with Crippen LogP contribution in [0, 0.1) is 0 Å². The molecule has 206 valence electrons. The molecule has 1 heterocycles. The number of anilines is 1. The standard InChI is InChI=1S/C18H19N.C15H9Cl2N3O2/c19-16-9-15-17-13-6-5-10-3-1-2-4-11(10)12(13)7-8-14(17)18(15)16;16-11-3-1-8(6-12(11)17)14(21)19-10-2-4-13-9(5-10)7-18-15(22)20-13/h2,4,7-8,15-16,18H,1,3,5-6,9,19H2;1-7H,(H,19,21)(H,18,20,22).